The number of methoxy groups -OCH3 is 1. The molecular weight excluding hydrogens is 454 g/mol. The molecule has 4 aromatic carbocycles. The molecule has 1 N–H and O–H groups in total. The Balaban J connectivity index is 1.30. The molecule has 1 aliphatic rings. The number of aryl methyl sites for hydroxylation is 1. The smallest absolute Gasteiger partial charge is 0.185 e. The first kappa shape index (κ1) is 22.8. The molecule has 0 radical (unpaired) electrons. The fraction of sp³-hybridized carbons (Fsp3) is 0.100. The number of ketones is 1. The van der Waals surface area contributed by atoms with Crippen LogP contribution in [0.3, 0.4) is 0 Å². The lowest BCUT2D eigenvalue weighted by Crippen LogP contribution is -2.02. The van der Waals surface area contributed by atoms with Gasteiger partial charge in [-0.2, -0.15) is 0 Å². The van der Waals surface area contributed by atoms with Crippen molar-refractivity contribution in [1.82, 2.24) is 0 Å². The number of para-hydroxylation sites is 1. The summed E-state index contributed by atoms with van der Waals surface area (Å²) in [5.41, 5.74) is 5.66. The van der Waals surface area contributed by atoms with E-state index in [0.717, 1.165) is 38.9 Å². The first-order valence-corrected chi connectivity index (χ1v) is 12.2. The molecule has 1 aliphatic heterocycles. The molecule has 5 heteroatoms. The van der Waals surface area contributed by atoms with E-state index in [4.69, 9.17) is 9.47 Å². The van der Waals surface area contributed by atoms with Crippen LogP contribution in [0.1, 0.15) is 27.0 Å². The molecule has 4 nitrogen and oxygen atoms in total. The average Bonchev–Trinajstić information content (AvgIpc) is 2.90. The number of benzene rings is 4. The Morgan fingerprint density at radius 3 is 2.54 bits per heavy atom. The van der Waals surface area contributed by atoms with E-state index < -0.39 is 0 Å². The van der Waals surface area contributed by atoms with Gasteiger partial charge in [0, 0.05) is 20.9 Å². The fourth-order valence-electron chi connectivity index (χ4n) is 3.87. The third-order valence-corrected chi connectivity index (χ3v) is 6.94. The van der Waals surface area contributed by atoms with Gasteiger partial charge in [-0.25, -0.2) is 0 Å². The van der Waals surface area contributed by atoms with Crippen molar-refractivity contribution in [3.63, 3.8) is 0 Å². The molecule has 0 unspecified atom stereocenters. The van der Waals surface area contributed by atoms with Crippen molar-refractivity contribution < 1.29 is 14.3 Å². The summed E-state index contributed by atoms with van der Waals surface area (Å²) in [6.07, 6.45) is 3.44. The van der Waals surface area contributed by atoms with Crippen molar-refractivity contribution >= 4 is 35.0 Å². The second-order valence-electron chi connectivity index (χ2n) is 8.30. The average molecular weight is 480 g/mol. The van der Waals surface area contributed by atoms with Crippen molar-refractivity contribution in [2.45, 2.75) is 23.3 Å². The van der Waals surface area contributed by atoms with Crippen LogP contribution in [0.25, 0.3) is 6.08 Å². The highest BCUT2D eigenvalue weighted by molar-refractivity contribution is 7.99. The number of carbonyl (C=O) groups is 1. The SMILES string of the molecule is COc1ccc(/C=C/C(=O)c2ccc3c(c2)Nc2ccccc2S3)cc1COc1ccc(C)cc1. The van der Waals surface area contributed by atoms with Gasteiger partial charge < -0.3 is 14.8 Å². The maximum Gasteiger partial charge on any atom is 0.185 e. The maximum atomic E-state index is 12.9. The summed E-state index contributed by atoms with van der Waals surface area (Å²) in [6.45, 7) is 2.42. The lowest BCUT2D eigenvalue weighted by Gasteiger charge is -2.20. The van der Waals surface area contributed by atoms with Crippen LogP contribution in [0.2, 0.25) is 0 Å². The molecule has 35 heavy (non-hydrogen) atoms. The van der Waals surface area contributed by atoms with Gasteiger partial charge in [-0.05, 0) is 73.2 Å². The van der Waals surface area contributed by atoms with Crippen LogP contribution < -0.4 is 14.8 Å². The van der Waals surface area contributed by atoms with Crippen LogP contribution in [0, 0.1) is 6.92 Å². The van der Waals surface area contributed by atoms with Gasteiger partial charge in [-0.3, -0.25) is 4.79 Å². The number of allylic oxidation sites excluding steroid dienone is 1. The number of anilines is 2. The molecule has 1 heterocycles. The summed E-state index contributed by atoms with van der Waals surface area (Å²) >= 11 is 1.71. The normalized spacial score (nSPS) is 11.9. The van der Waals surface area contributed by atoms with Gasteiger partial charge in [-0.15, -0.1) is 0 Å². The molecular formula is C30H25NO3S. The highest BCUT2D eigenvalue weighted by Gasteiger charge is 2.16. The van der Waals surface area contributed by atoms with Crippen molar-refractivity contribution in [2.24, 2.45) is 0 Å². The number of fused-ring (bicyclic) bond motifs is 2. The molecule has 0 bridgehead atoms. The minimum Gasteiger partial charge on any atom is -0.496 e. The molecule has 0 spiro atoms. The van der Waals surface area contributed by atoms with Crippen molar-refractivity contribution in [2.75, 3.05) is 12.4 Å². The van der Waals surface area contributed by atoms with Crippen LogP contribution in [0.5, 0.6) is 11.5 Å². The number of nitrogens with one attached hydrogen (secondary N) is 1. The summed E-state index contributed by atoms with van der Waals surface area (Å²) < 4.78 is 11.4. The van der Waals surface area contributed by atoms with Gasteiger partial charge in [0.05, 0.1) is 18.5 Å². The van der Waals surface area contributed by atoms with E-state index in [1.54, 1.807) is 24.9 Å². The highest BCUT2D eigenvalue weighted by Crippen LogP contribution is 2.44. The minimum atomic E-state index is -0.0493. The quantitative estimate of drug-likeness (QED) is 0.192. The standard InChI is InChI=1S/C30H25NO3S/c1-20-7-12-24(13-8-20)34-19-23-17-21(10-15-28(23)33-2)9-14-27(32)22-11-16-30-26(18-22)31-25-5-3-4-6-29(25)35-30/h3-18,31H,19H2,1-2H3/b14-9+. The van der Waals surface area contributed by atoms with Crippen molar-refractivity contribution in [3.8, 4) is 11.5 Å². The monoisotopic (exact) mass is 479 g/mol. The maximum absolute atomic E-state index is 12.9. The third-order valence-electron chi connectivity index (χ3n) is 5.79. The highest BCUT2D eigenvalue weighted by atomic mass is 32.2. The van der Waals surface area contributed by atoms with Gasteiger partial charge in [0.25, 0.3) is 0 Å². The van der Waals surface area contributed by atoms with E-state index in [2.05, 4.69) is 11.4 Å². The van der Waals surface area contributed by atoms with Crippen molar-refractivity contribution in [1.29, 1.82) is 0 Å². The lowest BCUT2D eigenvalue weighted by molar-refractivity contribution is 0.104. The number of hydrogen-bond acceptors (Lipinski definition) is 5. The molecule has 174 valence electrons. The second-order valence-corrected chi connectivity index (χ2v) is 9.39. The Bertz CT molecular complexity index is 1410. The predicted octanol–water partition coefficient (Wildman–Crippen LogP) is 7.69. The predicted molar refractivity (Wildman–Crippen MR) is 142 cm³/mol. The van der Waals surface area contributed by atoms with Gasteiger partial charge in [0.1, 0.15) is 18.1 Å². The first-order chi connectivity index (χ1) is 17.1. The summed E-state index contributed by atoms with van der Waals surface area (Å²) in [4.78, 5) is 15.2. The van der Waals surface area contributed by atoms with E-state index in [0.29, 0.717) is 12.2 Å². The zero-order chi connectivity index (χ0) is 24.2. The van der Waals surface area contributed by atoms with E-state index in [1.165, 1.54) is 10.5 Å². The Hall–Kier alpha value is -3.96. The number of ether oxygens (including phenoxy) is 2. The second kappa shape index (κ2) is 10.1. The van der Waals surface area contributed by atoms with Gasteiger partial charge >= 0.3 is 0 Å². The molecule has 0 fully saturated rings. The largest absolute Gasteiger partial charge is 0.496 e. The van der Waals surface area contributed by atoms with Gasteiger partial charge in [0.15, 0.2) is 5.78 Å². The van der Waals surface area contributed by atoms with Crippen LogP contribution in [-0.4, -0.2) is 12.9 Å². The first-order valence-electron chi connectivity index (χ1n) is 11.4. The molecule has 0 aromatic heterocycles. The van der Waals surface area contributed by atoms with E-state index in [9.17, 15) is 4.79 Å². The zero-order valence-electron chi connectivity index (χ0n) is 19.6. The summed E-state index contributed by atoms with van der Waals surface area (Å²) in [5, 5.41) is 3.44. The molecule has 0 amide bonds. The van der Waals surface area contributed by atoms with Crippen LogP contribution >= 0.6 is 11.8 Å². The molecule has 5 rings (SSSR count). The number of hydrogen-bond donors (Lipinski definition) is 1. The third kappa shape index (κ3) is 5.26. The molecule has 0 atom stereocenters. The topological polar surface area (TPSA) is 47.6 Å². The molecule has 0 aliphatic carbocycles. The minimum absolute atomic E-state index is 0.0493. The Labute approximate surface area is 209 Å². The van der Waals surface area contributed by atoms with E-state index >= 15 is 0 Å². The van der Waals surface area contributed by atoms with Crippen LogP contribution in [0.15, 0.2) is 101 Å². The molecule has 4 aromatic rings. The van der Waals surface area contributed by atoms with Gasteiger partial charge in [-0.1, -0.05) is 53.7 Å². The molecule has 0 saturated carbocycles. The zero-order valence-corrected chi connectivity index (χ0v) is 20.4. The Morgan fingerprint density at radius 2 is 1.71 bits per heavy atom. The van der Waals surface area contributed by atoms with Gasteiger partial charge in [0.2, 0.25) is 0 Å². The fourth-order valence-corrected chi connectivity index (χ4v) is 4.84. The van der Waals surface area contributed by atoms with E-state index in [1.807, 2.05) is 91.9 Å². The van der Waals surface area contributed by atoms with E-state index in [-0.39, 0.29) is 5.78 Å². The van der Waals surface area contributed by atoms with Crippen LogP contribution in [0.4, 0.5) is 11.4 Å². The number of carbonyl (C=O) groups excluding carboxylic acids is 1. The summed E-state index contributed by atoms with van der Waals surface area (Å²) in [5.74, 6) is 1.50. The summed E-state index contributed by atoms with van der Waals surface area (Å²) in [6, 6.07) is 27.7. The van der Waals surface area contributed by atoms with Crippen LogP contribution in [-0.2, 0) is 6.61 Å². The number of rotatable bonds is 7. The Kier molecular flexibility index (Phi) is 6.59. The lowest BCUT2D eigenvalue weighted by atomic mass is 10.1. The summed E-state index contributed by atoms with van der Waals surface area (Å²) in [7, 11) is 1.64. The molecule has 0 saturated heterocycles. The Morgan fingerprint density at radius 1 is 0.914 bits per heavy atom. The van der Waals surface area contributed by atoms with Crippen molar-refractivity contribution in [3.05, 3.63) is 113 Å².